The predicted molar refractivity (Wildman–Crippen MR) is 206 cm³/mol. The van der Waals surface area contributed by atoms with E-state index in [1.54, 1.807) is 13.3 Å². The molecule has 3 aromatic heterocycles. The van der Waals surface area contributed by atoms with Crippen molar-refractivity contribution < 1.29 is 44.3 Å². The zero-order chi connectivity index (χ0) is 43.2. The smallest absolute Gasteiger partial charge is 0.344 e. The van der Waals surface area contributed by atoms with Gasteiger partial charge >= 0.3 is 6.18 Å². The number of carbonyl (C=O) groups excluding carboxylic acids is 1. The van der Waals surface area contributed by atoms with E-state index in [0.29, 0.717) is 22.0 Å². The lowest BCUT2D eigenvalue weighted by Gasteiger charge is -2.25. The maximum absolute atomic E-state index is 15.4. The minimum absolute atomic E-state index is 0.0655. The van der Waals surface area contributed by atoms with Crippen molar-refractivity contribution in [3.05, 3.63) is 109 Å². The van der Waals surface area contributed by atoms with E-state index in [1.807, 2.05) is 0 Å². The third-order valence-electron chi connectivity index (χ3n) is 11.1. The van der Waals surface area contributed by atoms with Crippen molar-refractivity contribution in [1.29, 1.82) is 0 Å². The first-order valence-corrected chi connectivity index (χ1v) is 19.9. The minimum Gasteiger partial charge on any atom is -0.344 e. The van der Waals surface area contributed by atoms with Gasteiger partial charge in [0, 0.05) is 37.3 Å². The van der Waals surface area contributed by atoms with Crippen LogP contribution >= 0.6 is 23.5 Å². The lowest BCUT2D eigenvalue weighted by atomic mass is 9.94. The fourth-order valence-corrected chi connectivity index (χ4v) is 8.71. The SMILES string of the molecule is CSNc1nn(C)c2c(-n3c(C(Cc4cc(F)cc(F)c4)NC(=O)Cn4nc(C(F)F)c5c4C(F)(F)C(C)C5)nc4cc(C5(C(F)(F)F)CC5)ccc4c3=O)ccc(Cl)c12. The highest BCUT2D eigenvalue weighted by atomic mass is 35.5. The summed E-state index contributed by atoms with van der Waals surface area (Å²) in [6.45, 7) is 0.123. The number of hydrogen-bond donors (Lipinski definition) is 2. The van der Waals surface area contributed by atoms with E-state index in [1.165, 1.54) is 47.8 Å². The summed E-state index contributed by atoms with van der Waals surface area (Å²) in [6, 6.07) is 7.27. The van der Waals surface area contributed by atoms with Crippen LogP contribution in [0.4, 0.5) is 45.3 Å². The van der Waals surface area contributed by atoms with Crippen LogP contribution in [0.15, 0.2) is 53.3 Å². The standard InChI is InChI=1S/C39H32ClF9N8O2S/c1-17-10-23-30(33(43)44)52-56(32(23)38(17,45)46)16-28(58)50-26(13-18-11-20(41)15-21(42)12-18)35-51-25-14-19(37(8-9-37)39(47,48)49)4-5-22(25)36(59)57(35)27-7-6-24(40)29-31(27)55(2)53-34(29)54-60-3/h4-7,11-12,14-15,17,26,33H,8-10,13,16H2,1-3H3,(H,50,58)(H,53,54). The Morgan fingerprint density at radius 1 is 1.05 bits per heavy atom. The highest BCUT2D eigenvalue weighted by molar-refractivity contribution is 7.99. The van der Waals surface area contributed by atoms with Crippen LogP contribution in [-0.2, 0) is 42.6 Å². The molecule has 60 heavy (non-hydrogen) atoms. The molecule has 2 atom stereocenters. The molecule has 3 aromatic carbocycles. The van der Waals surface area contributed by atoms with E-state index in [2.05, 4.69) is 25.2 Å². The molecule has 21 heteroatoms. The molecule has 8 rings (SSSR count). The van der Waals surface area contributed by atoms with Crippen molar-refractivity contribution in [1.82, 2.24) is 34.4 Å². The van der Waals surface area contributed by atoms with E-state index in [4.69, 9.17) is 11.6 Å². The van der Waals surface area contributed by atoms with Gasteiger partial charge in [-0.05, 0) is 66.8 Å². The van der Waals surface area contributed by atoms with E-state index in [9.17, 15) is 40.3 Å². The number of carbonyl (C=O) groups is 1. The largest absolute Gasteiger partial charge is 0.398 e. The quantitative estimate of drug-likeness (QED) is 0.0988. The number of halogens is 10. The minimum atomic E-state index is -4.64. The molecule has 2 unspecified atom stereocenters. The lowest BCUT2D eigenvalue weighted by Crippen LogP contribution is -2.38. The molecule has 0 spiro atoms. The summed E-state index contributed by atoms with van der Waals surface area (Å²) in [4.78, 5) is 33.6. The molecular weight excluding hydrogens is 851 g/mol. The van der Waals surface area contributed by atoms with E-state index < -0.39 is 95.3 Å². The molecule has 316 valence electrons. The fourth-order valence-electron chi connectivity index (χ4n) is 8.13. The van der Waals surface area contributed by atoms with Gasteiger partial charge in [-0.25, -0.2) is 22.5 Å². The number of alkyl halides is 7. The van der Waals surface area contributed by atoms with Crippen LogP contribution in [-0.4, -0.2) is 47.5 Å². The number of rotatable bonds is 11. The Bertz CT molecular complexity index is 2760. The number of nitrogens with zero attached hydrogens (tertiary/aromatic N) is 6. The second-order valence-electron chi connectivity index (χ2n) is 15.0. The van der Waals surface area contributed by atoms with Gasteiger partial charge in [-0.15, -0.1) is 0 Å². The molecule has 1 saturated carbocycles. The van der Waals surface area contributed by atoms with Gasteiger partial charge in [0.15, 0.2) is 5.82 Å². The van der Waals surface area contributed by atoms with Crippen LogP contribution in [0.3, 0.4) is 0 Å². The number of aryl methyl sites for hydroxylation is 1. The van der Waals surface area contributed by atoms with Crippen LogP contribution in [0.25, 0.3) is 27.5 Å². The number of amides is 1. The topological polar surface area (TPSA) is 112 Å². The van der Waals surface area contributed by atoms with Gasteiger partial charge in [-0.2, -0.15) is 32.1 Å². The zero-order valence-electron chi connectivity index (χ0n) is 31.6. The summed E-state index contributed by atoms with van der Waals surface area (Å²) in [5.41, 5.74) is -5.37. The predicted octanol–water partition coefficient (Wildman–Crippen LogP) is 9.01. The van der Waals surface area contributed by atoms with E-state index >= 15 is 8.78 Å². The zero-order valence-corrected chi connectivity index (χ0v) is 33.1. The van der Waals surface area contributed by atoms with Crippen molar-refractivity contribution in [2.75, 3.05) is 11.0 Å². The molecule has 3 heterocycles. The summed E-state index contributed by atoms with van der Waals surface area (Å²) >= 11 is 7.84. The molecule has 0 aliphatic heterocycles. The Morgan fingerprint density at radius 3 is 2.38 bits per heavy atom. The van der Waals surface area contributed by atoms with Crippen molar-refractivity contribution in [3.63, 3.8) is 0 Å². The first-order chi connectivity index (χ1) is 28.2. The van der Waals surface area contributed by atoms with Gasteiger partial charge < -0.3 is 10.0 Å². The highest BCUT2D eigenvalue weighted by Gasteiger charge is 2.64. The maximum Gasteiger partial charge on any atom is 0.398 e. The molecule has 1 fully saturated rings. The van der Waals surface area contributed by atoms with Crippen molar-refractivity contribution >= 4 is 57.1 Å². The van der Waals surface area contributed by atoms with E-state index in [-0.39, 0.29) is 56.9 Å². The summed E-state index contributed by atoms with van der Waals surface area (Å²) in [5.74, 6) is -8.25. The Morgan fingerprint density at radius 2 is 1.75 bits per heavy atom. The van der Waals surface area contributed by atoms with Crippen molar-refractivity contribution in [3.8, 4) is 5.69 Å². The summed E-state index contributed by atoms with van der Waals surface area (Å²) in [5, 5.41) is 11.1. The summed E-state index contributed by atoms with van der Waals surface area (Å²) in [7, 11) is 1.55. The van der Waals surface area contributed by atoms with Crippen LogP contribution in [0.5, 0.6) is 0 Å². The van der Waals surface area contributed by atoms with Crippen LogP contribution < -0.4 is 15.6 Å². The van der Waals surface area contributed by atoms with Gasteiger partial charge in [0.25, 0.3) is 17.9 Å². The van der Waals surface area contributed by atoms with Gasteiger partial charge in [-0.3, -0.25) is 23.5 Å². The Kier molecular flexibility index (Phi) is 10.2. The molecule has 6 aromatic rings. The maximum atomic E-state index is 15.4. The number of benzene rings is 3. The molecule has 0 bridgehead atoms. The Labute approximate surface area is 343 Å². The van der Waals surface area contributed by atoms with E-state index in [0.717, 1.165) is 22.8 Å². The number of aromatic nitrogens is 6. The number of nitrogens with one attached hydrogen (secondary N) is 2. The third-order valence-corrected chi connectivity index (χ3v) is 11.8. The molecule has 1 amide bonds. The average Bonchev–Trinajstić information content (AvgIpc) is 3.75. The molecule has 0 saturated heterocycles. The number of fused-ring (bicyclic) bond motifs is 3. The van der Waals surface area contributed by atoms with Gasteiger partial charge in [0.05, 0.1) is 44.0 Å². The fraction of sp³-hybridized carbons (Fsp3) is 0.359. The van der Waals surface area contributed by atoms with Crippen LogP contribution in [0, 0.1) is 17.6 Å². The van der Waals surface area contributed by atoms with Gasteiger partial charge in [0.1, 0.15) is 35.4 Å². The Balaban J connectivity index is 1.35. The molecule has 2 aliphatic rings. The van der Waals surface area contributed by atoms with Gasteiger partial charge in [-0.1, -0.05) is 36.5 Å². The molecule has 0 radical (unpaired) electrons. The molecule has 2 aliphatic carbocycles. The van der Waals surface area contributed by atoms with Crippen molar-refractivity contribution in [2.24, 2.45) is 13.0 Å². The Hall–Kier alpha value is -5.24. The molecule has 10 nitrogen and oxygen atoms in total. The van der Waals surface area contributed by atoms with Crippen LogP contribution in [0.2, 0.25) is 5.02 Å². The third kappa shape index (κ3) is 6.84. The molecule has 2 N–H and O–H groups in total. The first kappa shape index (κ1) is 41.5. The van der Waals surface area contributed by atoms with Crippen LogP contribution in [0.1, 0.15) is 66.1 Å². The number of hydrogen-bond acceptors (Lipinski definition) is 7. The second kappa shape index (κ2) is 14.7. The summed E-state index contributed by atoms with van der Waals surface area (Å²) < 4.78 is 137. The highest BCUT2D eigenvalue weighted by Crippen LogP contribution is 2.59. The lowest BCUT2D eigenvalue weighted by molar-refractivity contribution is -0.160. The average molecular weight is 883 g/mol. The van der Waals surface area contributed by atoms with Gasteiger partial charge in [0.2, 0.25) is 5.91 Å². The normalized spacial score (nSPS) is 17.4. The summed E-state index contributed by atoms with van der Waals surface area (Å²) in [6.07, 6.45) is -7.55. The first-order valence-electron chi connectivity index (χ1n) is 18.3. The number of anilines is 1. The van der Waals surface area contributed by atoms with Crippen molar-refractivity contribution in [2.45, 2.75) is 69.1 Å². The second-order valence-corrected chi connectivity index (χ2v) is 16.0. The monoisotopic (exact) mass is 882 g/mol. The molecular formula is C39H32ClF9N8O2S.